The molecule has 0 heterocycles. The first-order valence-electron chi connectivity index (χ1n) is 7.41. The van der Waals surface area contributed by atoms with Gasteiger partial charge in [0.25, 0.3) is 0 Å². The fourth-order valence-corrected chi connectivity index (χ4v) is 2.63. The molecular weight excluding hydrogens is 288 g/mol. The number of aryl methyl sites for hydroxylation is 2. The van der Waals surface area contributed by atoms with Gasteiger partial charge in [0.15, 0.2) is 5.96 Å². The van der Waals surface area contributed by atoms with E-state index in [1.807, 2.05) is 62.4 Å². The summed E-state index contributed by atoms with van der Waals surface area (Å²) < 4.78 is 0. The van der Waals surface area contributed by atoms with E-state index in [9.17, 15) is 4.79 Å². The van der Waals surface area contributed by atoms with Gasteiger partial charge in [0.2, 0.25) is 0 Å². The minimum Gasteiger partial charge on any atom is -0.370 e. The van der Waals surface area contributed by atoms with Crippen molar-refractivity contribution in [3.05, 3.63) is 65.2 Å². The average Bonchev–Trinajstić information content (AvgIpc) is 2.52. The van der Waals surface area contributed by atoms with E-state index < -0.39 is 0 Å². The SMILES string of the molecule is Cc1cccc(C)c1N(C)C(=O)N(Cc1ccccc1)C(=N)N. The number of carbonyl (C=O) groups is 1. The predicted octanol–water partition coefficient (Wildman–Crippen LogP) is 3.26. The second kappa shape index (κ2) is 6.96. The lowest BCUT2D eigenvalue weighted by atomic mass is 10.1. The van der Waals surface area contributed by atoms with E-state index in [0.717, 1.165) is 22.4 Å². The molecule has 2 aromatic carbocycles. The zero-order valence-electron chi connectivity index (χ0n) is 13.7. The molecule has 0 bridgehead atoms. The van der Waals surface area contributed by atoms with Crippen LogP contribution in [0.15, 0.2) is 48.5 Å². The second-order valence-electron chi connectivity index (χ2n) is 5.54. The number of benzene rings is 2. The summed E-state index contributed by atoms with van der Waals surface area (Å²) in [4.78, 5) is 15.6. The molecule has 0 aliphatic heterocycles. The third-order valence-electron chi connectivity index (χ3n) is 3.77. The lowest BCUT2D eigenvalue weighted by Crippen LogP contribution is -2.47. The summed E-state index contributed by atoms with van der Waals surface area (Å²) in [6.07, 6.45) is 0. The lowest BCUT2D eigenvalue weighted by molar-refractivity contribution is 0.226. The summed E-state index contributed by atoms with van der Waals surface area (Å²) in [5.74, 6) is -0.267. The molecule has 5 heteroatoms. The molecule has 2 aromatic rings. The monoisotopic (exact) mass is 310 g/mol. The number of carbonyl (C=O) groups excluding carboxylic acids is 1. The summed E-state index contributed by atoms with van der Waals surface area (Å²) in [6.45, 7) is 4.19. The molecule has 5 nitrogen and oxygen atoms in total. The molecule has 0 saturated heterocycles. The number of nitrogens with one attached hydrogen (secondary N) is 1. The van der Waals surface area contributed by atoms with Gasteiger partial charge in [-0.25, -0.2) is 4.79 Å². The number of anilines is 1. The number of hydrogen-bond donors (Lipinski definition) is 2. The second-order valence-corrected chi connectivity index (χ2v) is 5.54. The topological polar surface area (TPSA) is 73.4 Å². The van der Waals surface area contributed by atoms with E-state index in [1.54, 1.807) is 11.9 Å². The van der Waals surface area contributed by atoms with Crippen LogP contribution in [-0.4, -0.2) is 23.9 Å². The molecule has 0 unspecified atom stereocenters. The molecule has 0 radical (unpaired) electrons. The number of nitrogens with zero attached hydrogens (tertiary/aromatic N) is 2. The highest BCUT2D eigenvalue weighted by Crippen LogP contribution is 2.24. The molecule has 0 aliphatic carbocycles. The molecule has 120 valence electrons. The first kappa shape index (κ1) is 16.5. The summed E-state index contributed by atoms with van der Waals surface area (Å²) in [7, 11) is 1.71. The number of guanidine groups is 1. The number of amides is 2. The summed E-state index contributed by atoms with van der Waals surface area (Å²) in [6, 6.07) is 15.1. The highest BCUT2D eigenvalue weighted by Gasteiger charge is 2.23. The van der Waals surface area contributed by atoms with E-state index >= 15 is 0 Å². The van der Waals surface area contributed by atoms with Crippen LogP contribution >= 0.6 is 0 Å². The van der Waals surface area contributed by atoms with Gasteiger partial charge in [0.1, 0.15) is 0 Å². The molecule has 3 N–H and O–H groups in total. The van der Waals surface area contributed by atoms with Crippen LogP contribution in [0, 0.1) is 19.3 Å². The van der Waals surface area contributed by atoms with Gasteiger partial charge in [-0.1, -0.05) is 48.5 Å². The Balaban J connectivity index is 2.29. The Kier molecular flexibility index (Phi) is 5.01. The average molecular weight is 310 g/mol. The van der Waals surface area contributed by atoms with Crippen molar-refractivity contribution in [2.45, 2.75) is 20.4 Å². The minimum absolute atomic E-state index is 0.267. The molecule has 23 heavy (non-hydrogen) atoms. The lowest BCUT2D eigenvalue weighted by Gasteiger charge is -2.29. The van der Waals surface area contributed by atoms with Gasteiger partial charge in [-0.15, -0.1) is 0 Å². The van der Waals surface area contributed by atoms with Crippen LogP contribution in [-0.2, 0) is 6.54 Å². The first-order chi connectivity index (χ1) is 10.9. The van der Waals surface area contributed by atoms with Crippen molar-refractivity contribution in [1.29, 1.82) is 5.41 Å². The van der Waals surface area contributed by atoms with Crippen molar-refractivity contribution in [2.24, 2.45) is 5.73 Å². The molecule has 0 aliphatic rings. The van der Waals surface area contributed by atoms with Gasteiger partial charge in [-0.2, -0.15) is 0 Å². The number of rotatable bonds is 3. The van der Waals surface area contributed by atoms with Gasteiger partial charge in [0, 0.05) is 7.05 Å². The summed E-state index contributed by atoms with van der Waals surface area (Å²) >= 11 is 0. The molecule has 0 spiro atoms. The Labute approximate surface area is 136 Å². The normalized spacial score (nSPS) is 10.2. The maximum absolute atomic E-state index is 12.8. The molecule has 2 rings (SSSR count). The molecule has 0 saturated carbocycles. The molecule has 0 fully saturated rings. The maximum Gasteiger partial charge on any atom is 0.331 e. The van der Waals surface area contributed by atoms with Crippen LogP contribution in [0.5, 0.6) is 0 Å². The van der Waals surface area contributed by atoms with Crippen LogP contribution in [0.2, 0.25) is 0 Å². The van der Waals surface area contributed by atoms with Crippen LogP contribution in [0.3, 0.4) is 0 Å². The van der Waals surface area contributed by atoms with Crippen molar-refractivity contribution in [3.63, 3.8) is 0 Å². The zero-order valence-corrected chi connectivity index (χ0v) is 13.7. The van der Waals surface area contributed by atoms with Gasteiger partial charge < -0.3 is 5.73 Å². The highest BCUT2D eigenvalue weighted by atomic mass is 16.2. The summed E-state index contributed by atoms with van der Waals surface area (Å²) in [5, 5.41) is 7.75. The molecular formula is C18H22N4O. The zero-order chi connectivity index (χ0) is 17.0. The Morgan fingerprint density at radius 1 is 1.04 bits per heavy atom. The van der Waals surface area contributed by atoms with Crippen molar-refractivity contribution in [3.8, 4) is 0 Å². The van der Waals surface area contributed by atoms with Crippen molar-refractivity contribution < 1.29 is 4.79 Å². The molecule has 0 atom stereocenters. The van der Waals surface area contributed by atoms with Crippen LogP contribution < -0.4 is 10.6 Å². The number of hydrogen-bond acceptors (Lipinski definition) is 2. The van der Waals surface area contributed by atoms with Gasteiger partial charge in [0.05, 0.1) is 12.2 Å². The number of para-hydroxylation sites is 1. The fourth-order valence-electron chi connectivity index (χ4n) is 2.63. The predicted molar refractivity (Wildman–Crippen MR) is 93.6 cm³/mol. The van der Waals surface area contributed by atoms with Crippen molar-refractivity contribution in [1.82, 2.24) is 4.90 Å². The smallest absolute Gasteiger partial charge is 0.331 e. The minimum atomic E-state index is -0.321. The number of nitrogens with two attached hydrogens (primary N) is 1. The Bertz CT molecular complexity index is 692. The van der Waals surface area contributed by atoms with Crippen LogP contribution in [0.4, 0.5) is 10.5 Å². The standard InChI is InChI=1S/C18H22N4O/c1-13-8-7-9-14(2)16(13)21(3)18(23)22(17(19)20)12-15-10-5-4-6-11-15/h4-11H,12H2,1-3H3,(H3,19,20). The Morgan fingerprint density at radius 3 is 2.13 bits per heavy atom. The van der Waals surface area contributed by atoms with E-state index in [2.05, 4.69) is 0 Å². The van der Waals surface area contributed by atoms with E-state index in [-0.39, 0.29) is 18.5 Å². The Morgan fingerprint density at radius 2 is 1.61 bits per heavy atom. The van der Waals surface area contributed by atoms with Crippen molar-refractivity contribution in [2.75, 3.05) is 11.9 Å². The van der Waals surface area contributed by atoms with Crippen LogP contribution in [0.1, 0.15) is 16.7 Å². The third kappa shape index (κ3) is 3.69. The van der Waals surface area contributed by atoms with Crippen LogP contribution in [0.25, 0.3) is 0 Å². The van der Waals surface area contributed by atoms with Gasteiger partial charge >= 0.3 is 6.03 Å². The van der Waals surface area contributed by atoms with E-state index in [4.69, 9.17) is 11.1 Å². The van der Waals surface area contributed by atoms with E-state index in [0.29, 0.717) is 0 Å². The molecule has 0 aromatic heterocycles. The Hall–Kier alpha value is -2.82. The first-order valence-corrected chi connectivity index (χ1v) is 7.41. The van der Waals surface area contributed by atoms with Gasteiger partial charge in [-0.3, -0.25) is 15.2 Å². The van der Waals surface area contributed by atoms with Crippen molar-refractivity contribution >= 4 is 17.7 Å². The number of urea groups is 1. The highest BCUT2D eigenvalue weighted by molar-refractivity contribution is 6.02. The largest absolute Gasteiger partial charge is 0.370 e. The van der Waals surface area contributed by atoms with Gasteiger partial charge in [-0.05, 0) is 30.5 Å². The van der Waals surface area contributed by atoms with E-state index in [1.165, 1.54) is 4.90 Å². The third-order valence-corrected chi connectivity index (χ3v) is 3.77. The fraction of sp³-hybridized carbons (Fsp3) is 0.222. The molecule has 2 amide bonds. The summed E-state index contributed by atoms with van der Waals surface area (Å²) in [5.41, 5.74) is 9.41. The maximum atomic E-state index is 12.8. The quantitative estimate of drug-likeness (QED) is 0.674.